The minimum atomic E-state index is -0.221. The summed E-state index contributed by atoms with van der Waals surface area (Å²) in [5.74, 6) is 0.0428. The lowest BCUT2D eigenvalue weighted by atomic mass is 10.0. The van der Waals surface area contributed by atoms with Gasteiger partial charge in [-0.1, -0.05) is 12.1 Å². The lowest BCUT2D eigenvalue weighted by Crippen LogP contribution is -2.48. The van der Waals surface area contributed by atoms with E-state index in [0.717, 1.165) is 43.4 Å². The van der Waals surface area contributed by atoms with E-state index in [1.807, 2.05) is 29.2 Å². The molecule has 2 aliphatic heterocycles. The first-order chi connectivity index (χ1) is 12.1. The molecule has 0 aliphatic carbocycles. The van der Waals surface area contributed by atoms with Gasteiger partial charge in [0.25, 0.3) is 5.56 Å². The molecule has 0 N–H and O–H groups in total. The van der Waals surface area contributed by atoms with Crippen LogP contribution < -0.4 is 5.56 Å². The SMILES string of the molecule is CN1CCC[C@@H]1[C@H]1CCCN1C(=O)Cn1c(=O)cnc2ccccc21. The molecule has 1 aromatic heterocycles. The zero-order chi connectivity index (χ0) is 17.4. The Morgan fingerprint density at radius 3 is 2.72 bits per heavy atom. The molecule has 2 aromatic rings. The molecule has 2 aliphatic rings. The number of carbonyl (C=O) groups excluding carboxylic acids is 1. The van der Waals surface area contributed by atoms with Gasteiger partial charge in [-0.2, -0.15) is 0 Å². The molecular formula is C19H24N4O2. The van der Waals surface area contributed by atoms with E-state index in [0.29, 0.717) is 6.04 Å². The van der Waals surface area contributed by atoms with Crippen molar-refractivity contribution in [3.8, 4) is 0 Å². The minimum absolute atomic E-state index is 0.0428. The highest BCUT2D eigenvalue weighted by molar-refractivity contribution is 5.80. The number of rotatable bonds is 3. The predicted molar refractivity (Wildman–Crippen MR) is 96.4 cm³/mol. The molecule has 25 heavy (non-hydrogen) atoms. The molecule has 1 amide bonds. The zero-order valence-corrected chi connectivity index (χ0v) is 14.6. The molecule has 0 unspecified atom stereocenters. The van der Waals surface area contributed by atoms with Crippen LogP contribution in [0.5, 0.6) is 0 Å². The van der Waals surface area contributed by atoms with Crippen molar-refractivity contribution in [2.75, 3.05) is 20.1 Å². The number of likely N-dealkylation sites (N-methyl/N-ethyl adjacent to an activating group) is 1. The van der Waals surface area contributed by atoms with Gasteiger partial charge in [0.15, 0.2) is 0 Å². The Hall–Kier alpha value is -2.21. The standard InChI is InChI=1S/C19H24N4O2/c1-21-10-4-8-16(21)17-9-5-11-22(17)19(25)13-23-15-7-3-2-6-14(15)20-12-18(23)24/h2-3,6-7,12,16-17H,4-5,8-11,13H2,1H3/t16-,17-/m1/s1. The Bertz CT molecular complexity index is 847. The van der Waals surface area contributed by atoms with Crippen LogP contribution in [0.3, 0.4) is 0 Å². The summed E-state index contributed by atoms with van der Waals surface area (Å²) in [7, 11) is 2.15. The maximum atomic E-state index is 13.0. The molecule has 3 heterocycles. The van der Waals surface area contributed by atoms with Crippen LogP contribution in [0.1, 0.15) is 25.7 Å². The maximum absolute atomic E-state index is 13.0. The number of likely N-dealkylation sites (tertiary alicyclic amines) is 2. The van der Waals surface area contributed by atoms with Crippen molar-refractivity contribution in [1.29, 1.82) is 0 Å². The van der Waals surface area contributed by atoms with E-state index in [4.69, 9.17) is 0 Å². The molecule has 0 radical (unpaired) electrons. The second-order valence-corrected chi connectivity index (χ2v) is 7.16. The quantitative estimate of drug-likeness (QED) is 0.849. The molecule has 6 nitrogen and oxygen atoms in total. The number of amides is 1. The molecule has 0 saturated carbocycles. The summed E-state index contributed by atoms with van der Waals surface area (Å²) in [5, 5.41) is 0. The van der Waals surface area contributed by atoms with Gasteiger partial charge in [0.2, 0.25) is 5.91 Å². The minimum Gasteiger partial charge on any atom is -0.337 e. The third-order valence-electron chi connectivity index (χ3n) is 5.69. The fourth-order valence-corrected chi connectivity index (χ4v) is 4.43. The van der Waals surface area contributed by atoms with Crippen molar-refractivity contribution in [3.63, 3.8) is 0 Å². The van der Waals surface area contributed by atoms with Crippen molar-refractivity contribution in [3.05, 3.63) is 40.8 Å². The molecule has 0 spiro atoms. The molecule has 0 bridgehead atoms. The van der Waals surface area contributed by atoms with E-state index >= 15 is 0 Å². The fraction of sp³-hybridized carbons (Fsp3) is 0.526. The first-order valence-electron chi connectivity index (χ1n) is 9.09. The van der Waals surface area contributed by atoms with E-state index < -0.39 is 0 Å². The molecule has 2 atom stereocenters. The van der Waals surface area contributed by atoms with Crippen LogP contribution >= 0.6 is 0 Å². The Morgan fingerprint density at radius 1 is 1.16 bits per heavy atom. The number of benzene rings is 1. The average molecular weight is 340 g/mol. The molecule has 4 rings (SSSR count). The Morgan fingerprint density at radius 2 is 1.92 bits per heavy atom. The van der Waals surface area contributed by atoms with Crippen molar-refractivity contribution < 1.29 is 4.79 Å². The summed E-state index contributed by atoms with van der Waals surface area (Å²) in [6.45, 7) is 2.00. The highest BCUT2D eigenvalue weighted by Crippen LogP contribution is 2.29. The second-order valence-electron chi connectivity index (χ2n) is 7.16. The summed E-state index contributed by atoms with van der Waals surface area (Å²) in [4.78, 5) is 33.9. The Labute approximate surface area is 147 Å². The van der Waals surface area contributed by atoms with E-state index in [9.17, 15) is 9.59 Å². The lowest BCUT2D eigenvalue weighted by molar-refractivity contribution is -0.133. The first-order valence-corrected chi connectivity index (χ1v) is 9.09. The Kier molecular flexibility index (Phi) is 4.29. The molecule has 2 saturated heterocycles. The third-order valence-corrected chi connectivity index (χ3v) is 5.69. The zero-order valence-electron chi connectivity index (χ0n) is 14.6. The normalized spacial score (nSPS) is 24.3. The monoisotopic (exact) mass is 340 g/mol. The number of carbonyl (C=O) groups is 1. The van der Waals surface area contributed by atoms with Gasteiger partial charge in [-0.05, 0) is 51.4 Å². The van der Waals surface area contributed by atoms with Crippen LogP contribution in [0, 0.1) is 0 Å². The number of hydrogen-bond acceptors (Lipinski definition) is 4. The number of nitrogens with zero attached hydrogens (tertiary/aromatic N) is 4. The summed E-state index contributed by atoms with van der Waals surface area (Å²) >= 11 is 0. The van der Waals surface area contributed by atoms with Gasteiger partial charge < -0.3 is 9.80 Å². The second kappa shape index (κ2) is 6.59. The van der Waals surface area contributed by atoms with Crippen LogP contribution in [0.2, 0.25) is 0 Å². The molecule has 132 valence electrons. The van der Waals surface area contributed by atoms with E-state index in [2.05, 4.69) is 16.9 Å². The molecule has 1 aromatic carbocycles. The van der Waals surface area contributed by atoms with Crippen molar-refractivity contribution in [2.24, 2.45) is 0 Å². The molecule has 6 heteroatoms. The first kappa shape index (κ1) is 16.3. The summed E-state index contributed by atoms with van der Waals surface area (Å²) in [6, 6.07) is 8.21. The van der Waals surface area contributed by atoms with Gasteiger partial charge in [0.05, 0.1) is 17.2 Å². The number of fused-ring (bicyclic) bond motifs is 1. The van der Waals surface area contributed by atoms with Gasteiger partial charge in [-0.25, -0.2) is 4.98 Å². The van der Waals surface area contributed by atoms with Crippen LogP contribution in [0.15, 0.2) is 35.3 Å². The van der Waals surface area contributed by atoms with E-state index in [1.54, 1.807) is 4.57 Å². The van der Waals surface area contributed by atoms with Crippen LogP contribution in [0.25, 0.3) is 11.0 Å². The summed E-state index contributed by atoms with van der Waals surface area (Å²) in [6.07, 6.45) is 5.78. The van der Waals surface area contributed by atoms with Gasteiger partial charge in [0, 0.05) is 18.6 Å². The van der Waals surface area contributed by atoms with Gasteiger partial charge in [-0.3, -0.25) is 14.2 Å². The van der Waals surface area contributed by atoms with E-state index in [1.165, 1.54) is 12.6 Å². The summed E-state index contributed by atoms with van der Waals surface area (Å²) < 4.78 is 1.55. The average Bonchev–Trinajstić information content (AvgIpc) is 3.25. The largest absolute Gasteiger partial charge is 0.337 e. The smallest absolute Gasteiger partial charge is 0.269 e. The number of para-hydroxylation sites is 2. The number of aromatic nitrogens is 2. The van der Waals surface area contributed by atoms with Crippen LogP contribution in [0.4, 0.5) is 0 Å². The Balaban J connectivity index is 1.60. The van der Waals surface area contributed by atoms with Crippen LogP contribution in [-0.2, 0) is 11.3 Å². The lowest BCUT2D eigenvalue weighted by Gasteiger charge is -2.33. The van der Waals surface area contributed by atoms with Gasteiger partial charge in [-0.15, -0.1) is 0 Å². The fourth-order valence-electron chi connectivity index (χ4n) is 4.43. The highest BCUT2D eigenvalue weighted by atomic mass is 16.2. The van der Waals surface area contributed by atoms with Crippen molar-refractivity contribution in [1.82, 2.24) is 19.4 Å². The topological polar surface area (TPSA) is 58.4 Å². The third kappa shape index (κ3) is 2.95. The van der Waals surface area contributed by atoms with E-state index in [-0.39, 0.29) is 24.1 Å². The highest BCUT2D eigenvalue weighted by Gasteiger charge is 2.38. The maximum Gasteiger partial charge on any atom is 0.269 e. The van der Waals surface area contributed by atoms with Crippen molar-refractivity contribution in [2.45, 2.75) is 44.3 Å². The number of hydrogen-bond donors (Lipinski definition) is 0. The molecular weight excluding hydrogens is 316 g/mol. The van der Waals surface area contributed by atoms with Crippen LogP contribution in [-0.4, -0.2) is 57.5 Å². The van der Waals surface area contributed by atoms with Gasteiger partial charge >= 0.3 is 0 Å². The predicted octanol–water partition coefficient (Wildman–Crippen LogP) is 1.48. The molecule has 2 fully saturated rings. The van der Waals surface area contributed by atoms with Gasteiger partial charge in [0.1, 0.15) is 6.54 Å². The summed E-state index contributed by atoms with van der Waals surface area (Å²) in [5.41, 5.74) is 1.24. The van der Waals surface area contributed by atoms with Crippen molar-refractivity contribution >= 4 is 16.9 Å².